The van der Waals surface area contributed by atoms with Gasteiger partial charge in [-0.1, -0.05) is 13.8 Å². The molecule has 7 heteroatoms. The van der Waals surface area contributed by atoms with Crippen LogP contribution < -0.4 is 5.73 Å². The van der Waals surface area contributed by atoms with E-state index >= 15 is 0 Å². The zero-order chi connectivity index (χ0) is 23.8. The summed E-state index contributed by atoms with van der Waals surface area (Å²) in [5, 5.41) is 40.5. The summed E-state index contributed by atoms with van der Waals surface area (Å²) in [7, 11) is 0. The van der Waals surface area contributed by atoms with Crippen molar-refractivity contribution in [2.75, 3.05) is 6.61 Å². The van der Waals surface area contributed by atoms with Crippen molar-refractivity contribution < 1.29 is 29.9 Å². The second-order valence-corrected chi connectivity index (χ2v) is 12.6. The van der Waals surface area contributed by atoms with Crippen LogP contribution in [0.4, 0.5) is 0 Å². The van der Waals surface area contributed by atoms with Gasteiger partial charge in [-0.3, -0.25) is 0 Å². The van der Waals surface area contributed by atoms with Crippen LogP contribution in [0, 0.1) is 34.5 Å². The van der Waals surface area contributed by atoms with Crippen LogP contribution >= 0.6 is 0 Å². The third kappa shape index (κ3) is 3.48. The van der Waals surface area contributed by atoms with Crippen molar-refractivity contribution in [1.82, 2.24) is 0 Å². The minimum absolute atomic E-state index is 0.0140. The summed E-state index contributed by atoms with van der Waals surface area (Å²) in [4.78, 5) is 0. The Labute approximate surface area is 198 Å². The first-order chi connectivity index (χ1) is 15.5. The largest absolute Gasteiger partial charge is 0.396 e. The highest BCUT2D eigenvalue weighted by Crippen LogP contribution is 2.68. The number of aliphatic hydroxyl groups is 4. The highest BCUT2D eigenvalue weighted by Gasteiger charge is 2.66. The average Bonchev–Trinajstić information content (AvgIpc) is 3.06. The van der Waals surface area contributed by atoms with Gasteiger partial charge in [-0.25, -0.2) is 0 Å². The number of hydrogen-bond acceptors (Lipinski definition) is 7. The number of rotatable bonds is 3. The van der Waals surface area contributed by atoms with Crippen molar-refractivity contribution in [2.45, 2.75) is 121 Å². The molecule has 33 heavy (non-hydrogen) atoms. The van der Waals surface area contributed by atoms with Crippen LogP contribution in [-0.2, 0) is 9.47 Å². The zero-order valence-corrected chi connectivity index (χ0v) is 20.5. The van der Waals surface area contributed by atoms with Crippen molar-refractivity contribution in [3.63, 3.8) is 0 Å². The number of hydrogen-bond donors (Lipinski definition) is 5. The van der Waals surface area contributed by atoms with E-state index in [1.54, 1.807) is 6.92 Å². The van der Waals surface area contributed by atoms with E-state index in [2.05, 4.69) is 13.8 Å². The molecule has 1 aliphatic heterocycles. The number of nitrogens with two attached hydrogens (primary N) is 1. The minimum atomic E-state index is -1.26. The van der Waals surface area contributed by atoms with Gasteiger partial charge in [-0.15, -0.1) is 0 Å². The van der Waals surface area contributed by atoms with Crippen LogP contribution in [0.2, 0.25) is 0 Å². The Balaban J connectivity index is 1.28. The lowest BCUT2D eigenvalue weighted by Crippen LogP contribution is -2.66. The molecule has 13 atom stereocenters. The smallest absolute Gasteiger partial charge is 0.186 e. The molecule has 0 amide bonds. The first-order valence-corrected chi connectivity index (χ1v) is 13.3. The summed E-state index contributed by atoms with van der Waals surface area (Å²) in [5.41, 5.74) is 7.39. The highest BCUT2D eigenvalue weighted by molar-refractivity contribution is 5.19. The first kappa shape index (κ1) is 24.4. The zero-order valence-electron chi connectivity index (χ0n) is 20.5. The summed E-state index contributed by atoms with van der Waals surface area (Å²) in [6, 6.07) is 0. The molecule has 0 aromatic rings. The Bertz CT molecular complexity index is 738. The molecule has 5 rings (SSSR count). The predicted octanol–water partition coefficient (Wildman–Crippen LogP) is 1.93. The Hall–Kier alpha value is -0.280. The van der Waals surface area contributed by atoms with Crippen LogP contribution in [0.1, 0.15) is 78.6 Å². The van der Waals surface area contributed by atoms with Crippen LogP contribution in [0.25, 0.3) is 0 Å². The van der Waals surface area contributed by atoms with Crippen LogP contribution in [0.3, 0.4) is 0 Å². The number of fused-ring (bicyclic) bond motifs is 5. The van der Waals surface area contributed by atoms with Crippen molar-refractivity contribution >= 4 is 0 Å². The molecule has 190 valence electrons. The minimum Gasteiger partial charge on any atom is -0.396 e. The summed E-state index contributed by atoms with van der Waals surface area (Å²) in [5.74, 6) is 2.01. The van der Waals surface area contributed by atoms with Gasteiger partial charge in [0, 0.05) is 12.1 Å². The second-order valence-electron chi connectivity index (χ2n) is 12.6. The van der Waals surface area contributed by atoms with Crippen LogP contribution in [0.5, 0.6) is 0 Å². The highest BCUT2D eigenvalue weighted by atomic mass is 16.7. The van der Waals surface area contributed by atoms with Gasteiger partial charge >= 0.3 is 0 Å². The maximum absolute atomic E-state index is 10.4. The summed E-state index contributed by atoms with van der Waals surface area (Å²) in [6.07, 6.45) is 4.49. The Morgan fingerprint density at radius 3 is 2.39 bits per heavy atom. The van der Waals surface area contributed by atoms with E-state index in [1.807, 2.05) is 0 Å². The fourth-order valence-electron chi connectivity index (χ4n) is 9.14. The average molecular weight is 468 g/mol. The molecular weight excluding hydrogens is 422 g/mol. The molecular formula is C26H45NO6. The lowest BCUT2D eigenvalue weighted by atomic mass is 9.42. The van der Waals surface area contributed by atoms with Crippen molar-refractivity contribution in [2.24, 2.45) is 40.2 Å². The maximum Gasteiger partial charge on any atom is 0.186 e. The molecule has 5 fully saturated rings. The summed E-state index contributed by atoms with van der Waals surface area (Å²) in [6.45, 7) is 6.77. The van der Waals surface area contributed by atoms with E-state index in [4.69, 9.17) is 15.2 Å². The summed E-state index contributed by atoms with van der Waals surface area (Å²) >= 11 is 0. The van der Waals surface area contributed by atoms with Gasteiger partial charge in [0.25, 0.3) is 0 Å². The Kier molecular flexibility index (Phi) is 6.21. The van der Waals surface area contributed by atoms with Crippen molar-refractivity contribution in [3.05, 3.63) is 0 Å². The standard InChI is InChI=1S/C26H45NO6/c1-14-20(29)21(30)22(31)23(32-14)33-17-7-9-24(2)15(12-17)4-5-19-18(24)8-10-25(3)16(13-28)6-11-26(19,25)27/h14-23,28-31H,4-13,27H2,1-3H3/t14-,15+,16+,17-,18-,19+,20-,21+,22+,23-,24-,25+,26-/m0/s1. The monoisotopic (exact) mass is 467 g/mol. The lowest BCUT2D eigenvalue weighted by Gasteiger charge is -2.64. The Morgan fingerprint density at radius 1 is 0.909 bits per heavy atom. The Morgan fingerprint density at radius 2 is 1.67 bits per heavy atom. The van der Waals surface area contributed by atoms with Gasteiger partial charge in [0.1, 0.15) is 18.3 Å². The molecule has 4 saturated carbocycles. The molecule has 0 spiro atoms. The van der Waals surface area contributed by atoms with E-state index in [1.165, 1.54) is 6.42 Å². The normalized spacial score (nSPS) is 58.9. The SMILES string of the molecule is C[C@@H]1O[C@@H](O[C@H]2CC[C@@]3(C)[C@H](CC[C@@H]4[C@@H]3CC[C@]3(C)[C@@H](CO)CC[C@]43N)C2)[C@H](O)[C@H](O)[C@H]1O. The third-order valence-corrected chi connectivity index (χ3v) is 11.5. The molecule has 1 heterocycles. The number of ether oxygens (including phenoxy) is 2. The molecule has 0 radical (unpaired) electrons. The van der Waals surface area contributed by atoms with Gasteiger partial charge in [0.15, 0.2) is 6.29 Å². The van der Waals surface area contributed by atoms with Crippen LogP contribution in [-0.4, -0.2) is 69.4 Å². The number of aliphatic hydroxyl groups excluding tert-OH is 4. The molecule has 0 unspecified atom stereocenters. The van der Waals surface area contributed by atoms with Gasteiger partial charge in [0.2, 0.25) is 0 Å². The van der Waals surface area contributed by atoms with E-state index in [0.717, 1.165) is 51.4 Å². The second kappa shape index (κ2) is 8.39. The predicted molar refractivity (Wildman–Crippen MR) is 123 cm³/mol. The van der Waals surface area contributed by atoms with Crippen LogP contribution in [0.15, 0.2) is 0 Å². The molecule has 5 aliphatic rings. The van der Waals surface area contributed by atoms with Crippen molar-refractivity contribution in [1.29, 1.82) is 0 Å². The van der Waals surface area contributed by atoms with E-state index < -0.39 is 30.7 Å². The van der Waals surface area contributed by atoms with Gasteiger partial charge in [-0.05, 0) is 99.2 Å². The molecule has 4 aliphatic carbocycles. The molecule has 6 N–H and O–H groups in total. The lowest BCUT2D eigenvalue weighted by molar-refractivity contribution is -0.309. The van der Waals surface area contributed by atoms with E-state index in [0.29, 0.717) is 23.7 Å². The van der Waals surface area contributed by atoms with E-state index in [9.17, 15) is 20.4 Å². The van der Waals surface area contributed by atoms with Gasteiger partial charge in [-0.2, -0.15) is 0 Å². The third-order valence-electron chi connectivity index (χ3n) is 11.5. The summed E-state index contributed by atoms with van der Waals surface area (Å²) < 4.78 is 11.9. The molecule has 0 aromatic heterocycles. The molecule has 0 aromatic carbocycles. The van der Waals surface area contributed by atoms with E-state index in [-0.39, 0.29) is 29.1 Å². The van der Waals surface area contributed by atoms with Gasteiger partial charge < -0.3 is 35.6 Å². The maximum atomic E-state index is 10.4. The quantitative estimate of drug-likeness (QED) is 0.402. The molecule has 1 saturated heterocycles. The fraction of sp³-hybridized carbons (Fsp3) is 1.00. The molecule has 0 bridgehead atoms. The van der Waals surface area contributed by atoms with Crippen molar-refractivity contribution in [3.8, 4) is 0 Å². The van der Waals surface area contributed by atoms with Gasteiger partial charge in [0.05, 0.1) is 12.2 Å². The topological polar surface area (TPSA) is 125 Å². The first-order valence-electron chi connectivity index (χ1n) is 13.3. The fourth-order valence-corrected chi connectivity index (χ4v) is 9.14. The molecule has 7 nitrogen and oxygen atoms in total.